The Morgan fingerprint density at radius 1 is 0.951 bits per heavy atom. The first-order valence-corrected chi connectivity index (χ1v) is 16.0. The number of sulfonamides is 1. The first-order chi connectivity index (χ1) is 19.7. The van der Waals surface area contributed by atoms with E-state index in [2.05, 4.69) is 5.32 Å². The number of benzene rings is 3. The van der Waals surface area contributed by atoms with Crippen molar-refractivity contribution < 1.29 is 22.7 Å². The van der Waals surface area contributed by atoms with Crippen LogP contribution in [0.4, 0.5) is 5.69 Å². The highest BCUT2D eigenvalue weighted by atomic mass is 35.5. The average Bonchev–Trinajstić information content (AvgIpc) is 3.46. The molecule has 3 aromatic rings. The van der Waals surface area contributed by atoms with Crippen LogP contribution in [0, 0.1) is 0 Å². The minimum atomic E-state index is -3.85. The topological polar surface area (TPSA) is 96.0 Å². The van der Waals surface area contributed by atoms with E-state index in [1.807, 2.05) is 43.3 Å². The molecule has 0 spiro atoms. The third-order valence-electron chi connectivity index (χ3n) is 7.17. The molecule has 1 saturated carbocycles. The van der Waals surface area contributed by atoms with Crippen LogP contribution in [0.5, 0.6) is 11.5 Å². The monoisotopic (exact) mass is 597 g/mol. The van der Waals surface area contributed by atoms with Crippen molar-refractivity contribution in [2.45, 2.75) is 57.7 Å². The number of nitrogens with zero attached hydrogens (tertiary/aromatic N) is 2. The summed E-state index contributed by atoms with van der Waals surface area (Å²) < 4.78 is 32.7. The SMILES string of the molecule is CC[C@@H](C(=O)NC1CCCC1)N(Cc1ccccc1Cl)C(=O)CN(c1ccc(Oc2ccccc2)cc1)S(C)(=O)=O. The predicted octanol–water partition coefficient (Wildman–Crippen LogP) is 5.76. The van der Waals surface area contributed by atoms with E-state index in [0.717, 1.165) is 36.2 Å². The van der Waals surface area contributed by atoms with Gasteiger partial charge in [-0.25, -0.2) is 8.42 Å². The van der Waals surface area contributed by atoms with Gasteiger partial charge in [0.2, 0.25) is 21.8 Å². The summed E-state index contributed by atoms with van der Waals surface area (Å²) in [5.74, 6) is 0.420. The van der Waals surface area contributed by atoms with Crippen molar-refractivity contribution in [1.82, 2.24) is 10.2 Å². The normalized spacial score (nSPS) is 14.3. The fourth-order valence-corrected chi connectivity index (χ4v) is 6.06. The van der Waals surface area contributed by atoms with E-state index in [0.29, 0.717) is 34.2 Å². The van der Waals surface area contributed by atoms with Crippen LogP contribution in [-0.4, -0.2) is 50.0 Å². The Balaban J connectivity index is 1.59. The Bertz CT molecular complexity index is 1430. The molecular formula is C31H36ClN3O5S. The van der Waals surface area contributed by atoms with Crippen molar-refractivity contribution in [2.24, 2.45) is 0 Å². The summed E-state index contributed by atoms with van der Waals surface area (Å²) in [6.45, 7) is 1.43. The number of nitrogens with one attached hydrogen (secondary N) is 1. The number of hydrogen-bond donors (Lipinski definition) is 1. The zero-order chi connectivity index (χ0) is 29.4. The zero-order valence-electron chi connectivity index (χ0n) is 23.3. The van der Waals surface area contributed by atoms with Gasteiger partial charge >= 0.3 is 0 Å². The van der Waals surface area contributed by atoms with Crippen molar-refractivity contribution in [3.63, 3.8) is 0 Å². The lowest BCUT2D eigenvalue weighted by molar-refractivity contribution is -0.140. The quantitative estimate of drug-likeness (QED) is 0.286. The van der Waals surface area contributed by atoms with Crippen molar-refractivity contribution >= 4 is 39.1 Å². The van der Waals surface area contributed by atoms with Crippen molar-refractivity contribution in [3.8, 4) is 11.5 Å². The Morgan fingerprint density at radius 2 is 1.56 bits per heavy atom. The number of para-hydroxylation sites is 1. The Labute approximate surface area is 247 Å². The van der Waals surface area contributed by atoms with Gasteiger partial charge in [0.25, 0.3) is 0 Å². The summed E-state index contributed by atoms with van der Waals surface area (Å²) in [6.07, 6.45) is 5.35. The van der Waals surface area contributed by atoms with Crippen LogP contribution in [0.2, 0.25) is 5.02 Å². The van der Waals surface area contributed by atoms with E-state index in [9.17, 15) is 18.0 Å². The first kappa shape index (κ1) is 30.4. The Morgan fingerprint density at radius 3 is 2.17 bits per heavy atom. The van der Waals surface area contributed by atoms with E-state index in [-0.39, 0.29) is 18.5 Å². The highest BCUT2D eigenvalue weighted by Crippen LogP contribution is 2.27. The lowest BCUT2D eigenvalue weighted by atomic mass is 10.1. The maximum absolute atomic E-state index is 13.9. The minimum Gasteiger partial charge on any atom is -0.457 e. The number of halogens is 1. The molecule has 1 aliphatic rings. The van der Waals surface area contributed by atoms with Gasteiger partial charge in [0.05, 0.1) is 11.9 Å². The van der Waals surface area contributed by atoms with Crippen molar-refractivity contribution in [3.05, 3.63) is 89.4 Å². The third kappa shape index (κ3) is 8.24. The van der Waals surface area contributed by atoms with E-state index in [1.165, 1.54) is 4.90 Å². The maximum atomic E-state index is 13.9. The standard InChI is InChI=1S/C31H36ClN3O5S/c1-3-29(31(37)33-24-12-8-9-13-24)34(21-23-11-7-10-16-28(23)32)30(36)22-35(41(2,38)39)25-17-19-27(20-18-25)40-26-14-5-4-6-15-26/h4-7,10-11,14-20,24,29H,3,8-9,12-13,21-22H2,1-2H3,(H,33,37)/t29-/m0/s1. The smallest absolute Gasteiger partial charge is 0.244 e. The second-order valence-corrected chi connectivity index (χ2v) is 12.5. The fourth-order valence-electron chi connectivity index (χ4n) is 5.02. The first-order valence-electron chi connectivity index (χ1n) is 13.8. The molecule has 8 nitrogen and oxygen atoms in total. The lowest BCUT2D eigenvalue weighted by Crippen LogP contribution is -2.53. The van der Waals surface area contributed by atoms with E-state index >= 15 is 0 Å². The van der Waals surface area contributed by atoms with Crippen LogP contribution in [0.25, 0.3) is 0 Å². The summed E-state index contributed by atoms with van der Waals surface area (Å²) in [6, 6.07) is 22.1. The van der Waals surface area contributed by atoms with Crippen molar-refractivity contribution in [2.75, 3.05) is 17.1 Å². The fraction of sp³-hybridized carbons (Fsp3) is 0.355. The van der Waals surface area contributed by atoms with Crippen LogP contribution in [0.3, 0.4) is 0 Å². The van der Waals surface area contributed by atoms with Gasteiger partial charge in [-0.3, -0.25) is 13.9 Å². The molecule has 0 unspecified atom stereocenters. The molecule has 4 rings (SSSR count). The molecule has 218 valence electrons. The van der Waals surface area contributed by atoms with Gasteiger partial charge in [-0.15, -0.1) is 0 Å². The van der Waals surface area contributed by atoms with Gasteiger partial charge in [-0.2, -0.15) is 0 Å². The molecule has 0 bridgehead atoms. The predicted molar refractivity (Wildman–Crippen MR) is 162 cm³/mol. The largest absolute Gasteiger partial charge is 0.457 e. The Hall–Kier alpha value is -3.56. The molecule has 10 heteroatoms. The van der Waals surface area contributed by atoms with E-state index < -0.39 is 28.5 Å². The van der Waals surface area contributed by atoms with E-state index in [1.54, 1.807) is 42.5 Å². The molecule has 0 aromatic heterocycles. The molecule has 1 atom stereocenters. The molecule has 0 heterocycles. The zero-order valence-corrected chi connectivity index (χ0v) is 24.9. The molecule has 1 aliphatic carbocycles. The summed E-state index contributed by atoms with van der Waals surface area (Å²) in [7, 11) is -3.85. The van der Waals surface area contributed by atoms with Gasteiger partial charge in [-0.1, -0.05) is 67.8 Å². The lowest BCUT2D eigenvalue weighted by Gasteiger charge is -2.33. The minimum absolute atomic E-state index is 0.0660. The molecule has 1 N–H and O–H groups in total. The number of rotatable bonds is 12. The second kappa shape index (κ2) is 13.9. The van der Waals surface area contributed by atoms with Crippen LogP contribution in [-0.2, 0) is 26.2 Å². The number of anilines is 1. The van der Waals surface area contributed by atoms with E-state index in [4.69, 9.17) is 16.3 Å². The summed E-state index contributed by atoms with van der Waals surface area (Å²) in [5.41, 5.74) is 0.977. The molecule has 0 radical (unpaired) electrons. The highest BCUT2D eigenvalue weighted by Gasteiger charge is 2.33. The number of ether oxygens (including phenoxy) is 1. The van der Waals surface area contributed by atoms with Gasteiger partial charge < -0.3 is 15.0 Å². The van der Waals surface area contributed by atoms with Gasteiger partial charge in [-0.05, 0) is 67.3 Å². The average molecular weight is 598 g/mol. The van der Waals surface area contributed by atoms with Gasteiger partial charge in [0, 0.05) is 17.6 Å². The number of carbonyl (C=O) groups excluding carboxylic acids is 2. The molecule has 0 aliphatic heterocycles. The molecule has 3 aromatic carbocycles. The molecule has 0 saturated heterocycles. The van der Waals surface area contributed by atoms with Gasteiger partial charge in [0.15, 0.2) is 0 Å². The van der Waals surface area contributed by atoms with Gasteiger partial charge in [0.1, 0.15) is 24.1 Å². The molecular weight excluding hydrogens is 562 g/mol. The maximum Gasteiger partial charge on any atom is 0.244 e. The highest BCUT2D eigenvalue weighted by molar-refractivity contribution is 7.92. The van der Waals surface area contributed by atoms with Crippen LogP contribution < -0.4 is 14.4 Å². The summed E-state index contributed by atoms with van der Waals surface area (Å²) in [4.78, 5) is 28.8. The number of amides is 2. The van der Waals surface area contributed by atoms with Crippen molar-refractivity contribution in [1.29, 1.82) is 0 Å². The summed E-state index contributed by atoms with van der Waals surface area (Å²) in [5, 5.41) is 3.56. The third-order valence-corrected chi connectivity index (χ3v) is 8.68. The van der Waals surface area contributed by atoms with Crippen LogP contribution in [0.15, 0.2) is 78.9 Å². The van der Waals surface area contributed by atoms with Crippen LogP contribution in [0.1, 0.15) is 44.6 Å². The number of hydrogen-bond acceptors (Lipinski definition) is 5. The summed E-state index contributed by atoms with van der Waals surface area (Å²) >= 11 is 6.43. The molecule has 2 amide bonds. The number of carbonyl (C=O) groups is 2. The second-order valence-electron chi connectivity index (χ2n) is 10.2. The molecule has 1 fully saturated rings. The molecule has 41 heavy (non-hydrogen) atoms. The van der Waals surface area contributed by atoms with Crippen LogP contribution >= 0.6 is 11.6 Å². The Kier molecular flexibility index (Phi) is 10.3.